The number of rotatable bonds is 4. The Hall–Kier alpha value is -0.0800. The predicted molar refractivity (Wildman–Crippen MR) is 69.3 cm³/mol. The second-order valence-corrected chi connectivity index (χ2v) is 6.14. The molecular weight excluding hydrogens is 196 g/mol. The molecule has 2 rings (SSSR count). The highest BCUT2D eigenvalue weighted by molar-refractivity contribution is 4.90. The van der Waals surface area contributed by atoms with Gasteiger partial charge in [-0.05, 0) is 56.5 Å². The maximum atomic E-state index is 5.90. The van der Waals surface area contributed by atoms with E-state index in [4.69, 9.17) is 5.73 Å². The molecule has 3 unspecified atom stereocenters. The first kappa shape index (κ1) is 12.4. The average Bonchev–Trinajstić information content (AvgIpc) is 2.73. The molecule has 1 heterocycles. The summed E-state index contributed by atoms with van der Waals surface area (Å²) in [7, 11) is 0. The van der Waals surface area contributed by atoms with Gasteiger partial charge in [-0.3, -0.25) is 4.90 Å². The predicted octanol–water partition coefficient (Wildman–Crippen LogP) is 2.48. The highest BCUT2D eigenvalue weighted by atomic mass is 15.2. The number of likely N-dealkylation sites (tertiary alicyclic amines) is 1. The number of hydrogen-bond acceptors (Lipinski definition) is 2. The normalized spacial score (nSPS) is 33.0. The SMILES string of the molecule is CC(C)C(CN)CN1CCCC2CCCC21. The van der Waals surface area contributed by atoms with Crippen LogP contribution in [-0.4, -0.2) is 30.6 Å². The van der Waals surface area contributed by atoms with Gasteiger partial charge in [0, 0.05) is 12.6 Å². The van der Waals surface area contributed by atoms with E-state index in [-0.39, 0.29) is 0 Å². The van der Waals surface area contributed by atoms with E-state index in [1.54, 1.807) is 0 Å². The van der Waals surface area contributed by atoms with Crippen molar-refractivity contribution in [3.05, 3.63) is 0 Å². The molecule has 1 saturated carbocycles. The van der Waals surface area contributed by atoms with Gasteiger partial charge in [-0.25, -0.2) is 0 Å². The lowest BCUT2D eigenvalue weighted by Gasteiger charge is -2.40. The molecule has 2 N–H and O–H groups in total. The van der Waals surface area contributed by atoms with Crippen LogP contribution in [0.5, 0.6) is 0 Å². The lowest BCUT2D eigenvalue weighted by Crippen LogP contribution is -2.46. The number of fused-ring (bicyclic) bond motifs is 1. The van der Waals surface area contributed by atoms with Gasteiger partial charge in [-0.1, -0.05) is 20.3 Å². The minimum atomic E-state index is 0.694. The maximum Gasteiger partial charge on any atom is 0.0124 e. The smallest absolute Gasteiger partial charge is 0.0124 e. The summed E-state index contributed by atoms with van der Waals surface area (Å²) in [6, 6.07) is 0.904. The first-order valence-corrected chi connectivity index (χ1v) is 7.16. The second-order valence-electron chi connectivity index (χ2n) is 6.14. The van der Waals surface area contributed by atoms with Crippen molar-refractivity contribution in [3.8, 4) is 0 Å². The Morgan fingerprint density at radius 3 is 2.62 bits per heavy atom. The third-order valence-electron chi connectivity index (χ3n) is 4.82. The Kier molecular flexibility index (Phi) is 4.26. The minimum absolute atomic E-state index is 0.694. The highest BCUT2D eigenvalue weighted by Crippen LogP contribution is 2.37. The zero-order chi connectivity index (χ0) is 11.5. The summed E-state index contributed by atoms with van der Waals surface area (Å²) in [4.78, 5) is 2.76. The fourth-order valence-electron chi connectivity index (χ4n) is 3.64. The molecule has 2 aliphatic rings. The molecule has 16 heavy (non-hydrogen) atoms. The van der Waals surface area contributed by atoms with Crippen LogP contribution in [0, 0.1) is 17.8 Å². The van der Waals surface area contributed by atoms with Gasteiger partial charge in [0.2, 0.25) is 0 Å². The summed E-state index contributed by atoms with van der Waals surface area (Å²) in [6.45, 7) is 8.05. The van der Waals surface area contributed by atoms with Crippen LogP contribution in [0.15, 0.2) is 0 Å². The molecule has 1 saturated heterocycles. The van der Waals surface area contributed by atoms with Crippen LogP contribution in [-0.2, 0) is 0 Å². The van der Waals surface area contributed by atoms with Gasteiger partial charge in [0.15, 0.2) is 0 Å². The lowest BCUT2D eigenvalue weighted by molar-refractivity contribution is 0.0864. The zero-order valence-electron chi connectivity index (χ0n) is 11.0. The minimum Gasteiger partial charge on any atom is -0.330 e. The molecule has 0 bridgehead atoms. The first-order valence-electron chi connectivity index (χ1n) is 7.16. The van der Waals surface area contributed by atoms with Crippen molar-refractivity contribution < 1.29 is 0 Å². The molecule has 3 atom stereocenters. The van der Waals surface area contributed by atoms with Crippen molar-refractivity contribution in [2.45, 2.75) is 52.0 Å². The quantitative estimate of drug-likeness (QED) is 0.795. The maximum absolute atomic E-state index is 5.90. The van der Waals surface area contributed by atoms with Crippen LogP contribution in [0.25, 0.3) is 0 Å². The van der Waals surface area contributed by atoms with Gasteiger partial charge >= 0.3 is 0 Å². The van der Waals surface area contributed by atoms with Crippen LogP contribution in [0.3, 0.4) is 0 Å². The van der Waals surface area contributed by atoms with Gasteiger partial charge in [-0.15, -0.1) is 0 Å². The molecule has 1 aliphatic heterocycles. The summed E-state index contributed by atoms with van der Waals surface area (Å²) >= 11 is 0. The van der Waals surface area contributed by atoms with E-state index in [0.29, 0.717) is 5.92 Å². The van der Waals surface area contributed by atoms with E-state index in [1.807, 2.05) is 0 Å². The van der Waals surface area contributed by atoms with Gasteiger partial charge < -0.3 is 5.73 Å². The average molecular weight is 224 g/mol. The summed E-state index contributed by atoms with van der Waals surface area (Å²) in [6.07, 6.45) is 7.28. The molecule has 0 radical (unpaired) electrons. The van der Waals surface area contributed by atoms with Gasteiger partial charge in [0.1, 0.15) is 0 Å². The van der Waals surface area contributed by atoms with E-state index >= 15 is 0 Å². The second kappa shape index (κ2) is 5.50. The van der Waals surface area contributed by atoms with E-state index in [0.717, 1.165) is 24.4 Å². The standard InChI is InChI=1S/C14H28N2/c1-11(2)13(9-15)10-16-8-4-6-12-5-3-7-14(12)16/h11-14H,3-10,15H2,1-2H3. The van der Waals surface area contributed by atoms with Crippen molar-refractivity contribution >= 4 is 0 Å². The van der Waals surface area contributed by atoms with Gasteiger partial charge in [0.25, 0.3) is 0 Å². The summed E-state index contributed by atoms with van der Waals surface area (Å²) in [5.41, 5.74) is 5.90. The van der Waals surface area contributed by atoms with E-state index in [2.05, 4.69) is 18.7 Å². The molecule has 0 aromatic rings. The monoisotopic (exact) mass is 224 g/mol. The molecule has 1 aliphatic carbocycles. The third-order valence-corrected chi connectivity index (χ3v) is 4.82. The van der Waals surface area contributed by atoms with Crippen molar-refractivity contribution in [2.24, 2.45) is 23.5 Å². The van der Waals surface area contributed by atoms with Crippen molar-refractivity contribution in [3.63, 3.8) is 0 Å². The van der Waals surface area contributed by atoms with Gasteiger partial charge in [-0.2, -0.15) is 0 Å². The Labute approximate surface area is 101 Å². The van der Waals surface area contributed by atoms with Gasteiger partial charge in [0.05, 0.1) is 0 Å². The summed E-state index contributed by atoms with van der Waals surface area (Å²) in [5, 5.41) is 0. The molecule has 0 aromatic heterocycles. The van der Waals surface area contributed by atoms with Crippen LogP contribution in [0.4, 0.5) is 0 Å². The number of nitrogens with two attached hydrogens (primary N) is 1. The molecule has 94 valence electrons. The number of hydrogen-bond donors (Lipinski definition) is 1. The molecule has 2 nitrogen and oxygen atoms in total. The molecular formula is C14H28N2. The Balaban J connectivity index is 1.92. The Bertz CT molecular complexity index is 215. The number of piperidine rings is 1. The molecule has 0 spiro atoms. The largest absolute Gasteiger partial charge is 0.330 e. The Morgan fingerprint density at radius 1 is 1.19 bits per heavy atom. The van der Waals surface area contributed by atoms with Crippen LogP contribution in [0.2, 0.25) is 0 Å². The highest BCUT2D eigenvalue weighted by Gasteiger charge is 2.35. The fraction of sp³-hybridized carbons (Fsp3) is 1.00. The fourth-order valence-corrected chi connectivity index (χ4v) is 3.64. The molecule has 2 heteroatoms. The first-order chi connectivity index (χ1) is 7.72. The van der Waals surface area contributed by atoms with Crippen LogP contribution in [0.1, 0.15) is 46.0 Å². The van der Waals surface area contributed by atoms with Crippen molar-refractivity contribution in [2.75, 3.05) is 19.6 Å². The zero-order valence-corrected chi connectivity index (χ0v) is 11.0. The van der Waals surface area contributed by atoms with Crippen LogP contribution < -0.4 is 5.73 Å². The summed E-state index contributed by atoms with van der Waals surface area (Å²) in [5.74, 6) is 2.44. The molecule has 2 fully saturated rings. The third kappa shape index (κ3) is 2.60. The van der Waals surface area contributed by atoms with Crippen molar-refractivity contribution in [1.29, 1.82) is 0 Å². The molecule has 0 aromatic carbocycles. The van der Waals surface area contributed by atoms with Crippen molar-refractivity contribution in [1.82, 2.24) is 4.90 Å². The van der Waals surface area contributed by atoms with E-state index < -0.39 is 0 Å². The topological polar surface area (TPSA) is 29.3 Å². The number of nitrogens with zero attached hydrogens (tertiary/aromatic N) is 1. The van der Waals surface area contributed by atoms with E-state index in [1.165, 1.54) is 45.2 Å². The van der Waals surface area contributed by atoms with E-state index in [9.17, 15) is 0 Å². The van der Waals surface area contributed by atoms with Crippen LogP contribution >= 0.6 is 0 Å². The Morgan fingerprint density at radius 2 is 1.94 bits per heavy atom. The summed E-state index contributed by atoms with van der Waals surface area (Å²) < 4.78 is 0. The molecule has 0 amide bonds. The lowest BCUT2D eigenvalue weighted by atomic mass is 9.89.